The van der Waals surface area contributed by atoms with E-state index in [0.717, 1.165) is 24.3 Å². The molecular formula is C18H11F6NO. The van der Waals surface area contributed by atoms with Gasteiger partial charge in [0.1, 0.15) is 11.1 Å². The van der Waals surface area contributed by atoms with Crippen molar-refractivity contribution in [2.45, 2.75) is 31.1 Å². The maximum Gasteiger partial charge on any atom is 0.420 e. The van der Waals surface area contributed by atoms with Gasteiger partial charge in [0.25, 0.3) is 0 Å². The van der Waals surface area contributed by atoms with Crippen LogP contribution in [0.25, 0.3) is 22.6 Å². The van der Waals surface area contributed by atoms with Crippen LogP contribution < -0.4 is 0 Å². The smallest absolute Gasteiger partial charge is 0.420 e. The molecule has 0 radical (unpaired) electrons. The first-order valence-electron chi connectivity index (χ1n) is 7.83. The zero-order valence-electron chi connectivity index (χ0n) is 13.1. The highest BCUT2D eigenvalue weighted by molar-refractivity contribution is 5.81. The Morgan fingerprint density at radius 1 is 0.846 bits per heavy atom. The van der Waals surface area contributed by atoms with E-state index in [1.165, 1.54) is 12.1 Å². The maximum absolute atomic E-state index is 13.5. The van der Waals surface area contributed by atoms with Crippen molar-refractivity contribution in [2.75, 3.05) is 0 Å². The quantitative estimate of drug-likeness (QED) is 0.487. The van der Waals surface area contributed by atoms with Crippen LogP contribution in [0.2, 0.25) is 0 Å². The summed E-state index contributed by atoms with van der Waals surface area (Å²) in [5.74, 6) is -0.289. The Hall–Kier alpha value is -2.51. The second-order valence-corrected chi connectivity index (χ2v) is 6.24. The summed E-state index contributed by atoms with van der Waals surface area (Å²) in [5, 5.41) is 0. The molecule has 4 rings (SSSR count). The van der Waals surface area contributed by atoms with Crippen LogP contribution in [0.5, 0.6) is 0 Å². The molecule has 1 fully saturated rings. The molecule has 2 aromatic carbocycles. The minimum Gasteiger partial charge on any atom is -0.435 e. The van der Waals surface area contributed by atoms with Crippen molar-refractivity contribution in [2.24, 2.45) is 0 Å². The number of halogens is 6. The molecule has 1 aromatic heterocycles. The van der Waals surface area contributed by atoms with Gasteiger partial charge in [-0.1, -0.05) is 6.07 Å². The number of nitrogens with zero attached hydrogens (tertiary/aromatic N) is 1. The van der Waals surface area contributed by atoms with Crippen LogP contribution >= 0.6 is 0 Å². The number of oxazole rings is 1. The van der Waals surface area contributed by atoms with E-state index >= 15 is 0 Å². The van der Waals surface area contributed by atoms with Gasteiger partial charge in [-0.3, -0.25) is 0 Å². The minimum atomic E-state index is -4.60. The van der Waals surface area contributed by atoms with E-state index in [0.29, 0.717) is 12.8 Å². The Kier molecular flexibility index (Phi) is 3.58. The average Bonchev–Trinajstić information content (AvgIpc) is 3.30. The number of hydrogen-bond acceptors (Lipinski definition) is 2. The summed E-state index contributed by atoms with van der Waals surface area (Å²) < 4.78 is 83.9. The second-order valence-electron chi connectivity index (χ2n) is 6.24. The third-order valence-electron chi connectivity index (χ3n) is 4.35. The molecule has 1 heterocycles. The predicted molar refractivity (Wildman–Crippen MR) is 81.4 cm³/mol. The molecule has 0 unspecified atom stereocenters. The number of benzene rings is 2. The Balaban J connectivity index is 1.83. The lowest BCUT2D eigenvalue weighted by Gasteiger charge is -2.12. The summed E-state index contributed by atoms with van der Waals surface area (Å²) >= 11 is 0. The molecule has 0 aliphatic heterocycles. The number of alkyl halides is 6. The van der Waals surface area contributed by atoms with Crippen molar-refractivity contribution in [1.29, 1.82) is 0 Å². The molecule has 0 saturated heterocycles. The van der Waals surface area contributed by atoms with Crippen LogP contribution in [0.15, 0.2) is 40.8 Å². The Morgan fingerprint density at radius 3 is 2.04 bits per heavy atom. The first-order chi connectivity index (χ1) is 12.1. The summed E-state index contributed by atoms with van der Waals surface area (Å²) in [6, 6.07) is 6.79. The van der Waals surface area contributed by atoms with E-state index in [9.17, 15) is 26.3 Å². The highest BCUT2D eigenvalue weighted by Crippen LogP contribution is 2.48. The fourth-order valence-corrected chi connectivity index (χ4v) is 2.96. The highest BCUT2D eigenvalue weighted by Gasteiger charge is 2.41. The van der Waals surface area contributed by atoms with Gasteiger partial charge in [0.2, 0.25) is 5.89 Å². The normalized spacial score (nSPS) is 15.6. The van der Waals surface area contributed by atoms with Gasteiger partial charge >= 0.3 is 12.4 Å². The molecule has 0 atom stereocenters. The fraction of sp³-hybridized carbons (Fsp3) is 0.278. The van der Waals surface area contributed by atoms with E-state index in [2.05, 4.69) is 4.98 Å². The number of aromatic nitrogens is 1. The molecule has 3 aromatic rings. The van der Waals surface area contributed by atoms with Crippen LogP contribution in [-0.2, 0) is 12.4 Å². The van der Waals surface area contributed by atoms with Crippen LogP contribution in [-0.4, -0.2) is 4.98 Å². The fourth-order valence-electron chi connectivity index (χ4n) is 2.96. The summed E-state index contributed by atoms with van der Waals surface area (Å²) in [5.41, 5.74) is -1.70. The molecule has 8 heteroatoms. The monoisotopic (exact) mass is 371 g/mol. The van der Waals surface area contributed by atoms with Crippen molar-refractivity contribution < 1.29 is 30.8 Å². The topological polar surface area (TPSA) is 26.0 Å². The van der Waals surface area contributed by atoms with Crippen molar-refractivity contribution in [3.63, 3.8) is 0 Å². The SMILES string of the molecule is FC(F)(F)c1ccc(-c2nc3ccc(C4CC4)c(C(F)(F)F)c3o2)cc1. The van der Waals surface area contributed by atoms with Gasteiger partial charge in [-0.05, 0) is 54.7 Å². The van der Waals surface area contributed by atoms with E-state index in [1.807, 2.05) is 0 Å². The molecule has 0 N–H and O–H groups in total. The van der Waals surface area contributed by atoms with Gasteiger partial charge in [0, 0.05) is 5.56 Å². The number of rotatable bonds is 2. The van der Waals surface area contributed by atoms with Crippen molar-refractivity contribution in [1.82, 2.24) is 4.98 Å². The second kappa shape index (κ2) is 5.49. The van der Waals surface area contributed by atoms with Crippen LogP contribution in [0.1, 0.15) is 35.4 Å². The third kappa shape index (κ3) is 2.93. The Morgan fingerprint density at radius 2 is 1.50 bits per heavy atom. The van der Waals surface area contributed by atoms with Crippen molar-refractivity contribution in [3.05, 3.63) is 53.1 Å². The molecule has 1 saturated carbocycles. The van der Waals surface area contributed by atoms with E-state index in [1.54, 1.807) is 0 Å². The first kappa shape index (κ1) is 16.9. The standard InChI is InChI=1S/C18H11F6NO/c19-17(20,21)11-5-3-10(4-6-11)16-25-13-8-7-12(9-1-2-9)14(15(13)26-16)18(22,23)24/h3-9H,1-2H2. The van der Waals surface area contributed by atoms with E-state index in [-0.39, 0.29) is 34.0 Å². The molecule has 136 valence electrons. The Labute approximate surface area is 143 Å². The van der Waals surface area contributed by atoms with Gasteiger partial charge in [-0.2, -0.15) is 26.3 Å². The molecule has 0 amide bonds. The molecule has 26 heavy (non-hydrogen) atoms. The number of hydrogen-bond donors (Lipinski definition) is 0. The lowest BCUT2D eigenvalue weighted by Crippen LogP contribution is -2.09. The van der Waals surface area contributed by atoms with E-state index in [4.69, 9.17) is 4.42 Å². The zero-order chi connectivity index (χ0) is 18.7. The molecular weight excluding hydrogens is 360 g/mol. The Bertz CT molecular complexity index is 964. The molecule has 1 aliphatic rings. The number of fused-ring (bicyclic) bond motifs is 1. The molecule has 1 aliphatic carbocycles. The molecule has 0 spiro atoms. The highest BCUT2D eigenvalue weighted by atomic mass is 19.4. The first-order valence-corrected chi connectivity index (χ1v) is 7.83. The van der Waals surface area contributed by atoms with Gasteiger partial charge in [-0.15, -0.1) is 0 Å². The lowest BCUT2D eigenvalue weighted by atomic mass is 10.0. The minimum absolute atomic E-state index is 0.0247. The van der Waals surface area contributed by atoms with Crippen molar-refractivity contribution >= 4 is 11.1 Å². The van der Waals surface area contributed by atoms with E-state index < -0.39 is 23.5 Å². The van der Waals surface area contributed by atoms with Gasteiger partial charge in [0.15, 0.2) is 5.58 Å². The average molecular weight is 371 g/mol. The third-order valence-corrected chi connectivity index (χ3v) is 4.35. The van der Waals surface area contributed by atoms with Crippen molar-refractivity contribution in [3.8, 4) is 11.5 Å². The zero-order valence-corrected chi connectivity index (χ0v) is 13.1. The molecule has 0 bridgehead atoms. The van der Waals surface area contributed by atoms with Crippen LogP contribution in [0.4, 0.5) is 26.3 Å². The largest absolute Gasteiger partial charge is 0.435 e. The lowest BCUT2D eigenvalue weighted by molar-refractivity contribution is -0.138. The summed E-state index contributed by atoms with van der Waals surface area (Å²) in [7, 11) is 0. The van der Waals surface area contributed by atoms with Crippen LogP contribution in [0.3, 0.4) is 0 Å². The predicted octanol–water partition coefficient (Wildman–Crippen LogP) is 6.41. The summed E-state index contributed by atoms with van der Waals surface area (Å²) in [6.45, 7) is 0. The van der Waals surface area contributed by atoms with Crippen LogP contribution in [0, 0.1) is 0 Å². The molecule has 2 nitrogen and oxygen atoms in total. The van der Waals surface area contributed by atoms with Gasteiger partial charge < -0.3 is 4.42 Å². The van der Waals surface area contributed by atoms with Gasteiger partial charge in [0.05, 0.1) is 5.56 Å². The maximum atomic E-state index is 13.5. The summed E-state index contributed by atoms with van der Waals surface area (Å²) in [4.78, 5) is 4.02. The summed E-state index contributed by atoms with van der Waals surface area (Å²) in [6.07, 6.45) is -7.72. The van der Waals surface area contributed by atoms with Gasteiger partial charge in [-0.25, -0.2) is 4.98 Å².